The first-order valence-electron chi connectivity index (χ1n) is 8.77. The molecular weight excluding hydrogens is 394 g/mol. The predicted molar refractivity (Wildman–Crippen MR) is 113 cm³/mol. The Morgan fingerprint density at radius 2 is 1.89 bits per heavy atom. The van der Waals surface area contributed by atoms with Crippen molar-refractivity contribution in [2.45, 2.75) is 19.1 Å². The van der Waals surface area contributed by atoms with E-state index >= 15 is 0 Å². The molecule has 0 saturated carbocycles. The summed E-state index contributed by atoms with van der Waals surface area (Å²) in [6.07, 6.45) is 2.39. The molecule has 28 heavy (non-hydrogen) atoms. The summed E-state index contributed by atoms with van der Waals surface area (Å²) in [6, 6.07) is 16.2. The second-order valence-corrected chi connectivity index (χ2v) is 8.90. The molecule has 4 rings (SSSR count). The number of rotatable bonds is 5. The minimum Gasteiger partial charge on any atom is -0.283 e. The van der Waals surface area contributed by atoms with E-state index in [9.17, 15) is 8.42 Å². The van der Waals surface area contributed by atoms with Crippen molar-refractivity contribution in [1.82, 2.24) is 4.98 Å². The fourth-order valence-electron chi connectivity index (χ4n) is 3.18. The second-order valence-electron chi connectivity index (χ2n) is 6.77. The molecule has 1 aliphatic heterocycles. The van der Waals surface area contributed by atoms with E-state index in [0.29, 0.717) is 28.5 Å². The predicted octanol–water partition coefficient (Wildman–Crippen LogP) is 4.66. The van der Waals surface area contributed by atoms with Crippen molar-refractivity contribution in [3.8, 4) is 0 Å². The third-order valence-corrected chi connectivity index (χ3v) is 6.02. The lowest BCUT2D eigenvalue weighted by molar-refractivity contribution is 0.600. The lowest BCUT2D eigenvalue weighted by Crippen LogP contribution is -2.15. The molecule has 0 spiro atoms. The van der Waals surface area contributed by atoms with E-state index in [1.807, 2.05) is 25.1 Å². The molecule has 1 N–H and O–H groups in total. The highest BCUT2D eigenvalue weighted by Gasteiger charge is 2.20. The van der Waals surface area contributed by atoms with Gasteiger partial charge in [0.15, 0.2) is 5.82 Å². The number of aryl methyl sites for hydroxylation is 1. The van der Waals surface area contributed by atoms with Crippen LogP contribution in [0.4, 0.5) is 11.5 Å². The van der Waals surface area contributed by atoms with Gasteiger partial charge in [0.05, 0.1) is 11.5 Å². The number of fused-ring (bicyclic) bond motifs is 1. The van der Waals surface area contributed by atoms with Gasteiger partial charge in [-0.05, 0) is 36.2 Å². The van der Waals surface area contributed by atoms with Crippen LogP contribution in [0.2, 0.25) is 5.02 Å². The molecule has 142 valence electrons. The largest absolute Gasteiger partial charge is 0.283 e. The van der Waals surface area contributed by atoms with Crippen molar-refractivity contribution in [3.05, 3.63) is 88.1 Å². The van der Waals surface area contributed by atoms with Gasteiger partial charge in [-0.3, -0.25) is 4.72 Å². The van der Waals surface area contributed by atoms with E-state index in [1.165, 1.54) is 0 Å². The van der Waals surface area contributed by atoms with Crippen molar-refractivity contribution in [2.75, 3.05) is 4.72 Å². The Kier molecular flexibility index (Phi) is 4.91. The summed E-state index contributed by atoms with van der Waals surface area (Å²) in [4.78, 5) is 8.92. The first kappa shape index (κ1) is 18.7. The SMILES string of the molecule is Cc1cnc2c(c1)CC(c1cc(NS(=O)(=O)Cc3ccccc3)ccc1Cl)=N2. The number of hydrogen-bond donors (Lipinski definition) is 1. The first-order chi connectivity index (χ1) is 13.4. The molecule has 0 saturated heterocycles. The van der Waals surface area contributed by atoms with Crippen molar-refractivity contribution in [2.24, 2.45) is 4.99 Å². The van der Waals surface area contributed by atoms with Gasteiger partial charge in [-0.1, -0.05) is 48.0 Å². The maximum absolute atomic E-state index is 12.5. The Hall–Kier alpha value is -2.70. The topological polar surface area (TPSA) is 71.4 Å². The Labute approximate surface area is 169 Å². The minimum atomic E-state index is -3.55. The van der Waals surface area contributed by atoms with Crippen molar-refractivity contribution in [3.63, 3.8) is 0 Å². The number of hydrogen-bond acceptors (Lipinski definition) is 4. The smallest absolute Gasteiger partial charge is 0.236 e. The molecule has 1 aliphatic rings. The van der Waals surface area contributed by atoms with E-state index in [-0.39, 0.29) is 5.75 Å². The van der Waals surface area contributed by atoms with Crippen LogP contribution >= 0.6 is 11.6 Å². The highest BCUT2D eigenvalue weighted by Crippen LogP contribution is 2.31. The lowest BCUT2D eigenvalue weighted by Gasteiger charge is -2.11. The molecule has 0 bridgehead atoms. The van der Waals surface area contributed by atoms with Crippen molar-refractivity contribution >= 4 is 38.8 Å². The summed E-state index contributed by atoms with van der Waals surface area (Å²) in [5, 5.41) is 0.522. The molecule has 0 unspecified atom stereocenters. The molecule has 0 fully saturated rings. The molecule has 0 radical (unpaired) electrons. The number of nitrogens with zero attached hydrogens (tertiary/aromatic N) is 2. The Balaban J connectivity index is 1.58. The monoisotopic (exact) mass is 411 g/mol. The van der Waals surface area contributed by atoms with Gasteiger partial charge in [-0.15, -0.1) is 0 Å². The van der Waals surface area contributed by atoms with E-state index in [4.69, 9.17) is 11.6 Å². The first-order valence-corrected chi connectivity index (χ1v) is 10.8. The van der Waals surface area contributed by atoms with Crippen LogP contribution in [0.15, 0.2) is 65.8 Å². The van der Waals surface area contributed by atoms with Gasteiger partial charge < -0.3 is 0 Å². The van der Waals surface area contributed by atoms with Crippen LogP contribution in [-0.4, -0.2) is 19.1 Å². The summed E-state index contributed by atoms with van der Waals surface area (Å²) < 4.78 is 27.7. The number of nitrogens with one attached hydrogen (secondary N) is 1. The molecule has 2 aromatic carbocycles. The van der Waals surface area contributed by atoms with Crippen LogP contribution in [-0.2, 0) is 22.2 Å². The minimum absolute atomic E-state index is 0.0958. The second kappa shape index (κ2) is 7.37. The van der Waals surface area contributed by atoms with Gasteiger partial charge >= 0.3 is 0 Å². The number of sulfonamides is 1. The third-order valence-electron chi connectivity index (χ3n) is 4.43. The van der Waals surface area contributed by atoms with E-state index < -0.39 is 10.0 Å². The summed E-state index contributed by atoms with van der Waals surface area (Å²) >= 11 is 6.37. The summed E-state index contributed by atoms with van der Waals surface area (Å²) in [6.45, 7) is 1.99. The molecule has 3 aromatic rings. The molecule has 0 atom stereocenters. The van der Waals surface area contributed by atoms with Gasteiger partial charge in [0.1, 0.15) is 0 Å². The fraction of sp³-hybridized carbons (Fsp3) is 0.143. The number of halogens is 1. The maximum atomic E-state index is 12.5. The Bertz CT molecular complexity index is 1180. The summed E-state index contributed by atoms with van der Waals surface area (Å²) in [7, 11) is -3.55. The average molecular weight is 412 g/mol. The number of benzene rings is 2. The lowest BCUT2D eigenvalue weighted by atomic mass is 10.0. The van der Waals surface area contributed by atoms with E-state index in [0.717, 1.165) is 22.4 Å². The zero-order valence-corrected chi connectivity index (χ0v) is 16.8. The van der Waals surface area contributed by atoms with Gasteiger partial charge in [-0.25, -0.2) is 18.4 Å². The van der Waals surface area contributed by atoms with Crippen LogP contribution < -0.4 is 4.72 Å². The normalized spacial score (nSPS) is 13.1. The molecule has 5 nitrogen and oxygen atoms in total. The molecule has 1 aromatic heterocycles. The Morgan fingerprint density at radius 1 is 1.11 bits per heavy atom. The molecule has 7 heteroatoms. The molecular formula is C21H18ClN3O2S. The van der Waals surface area contributed by atoms with Crippen LogP contribution in [0.1, 0.15) is 22.3 Å². The average Bonchev–Trinajstić information content (AvgIpc) is 3.06. The van der Waals surface area contributed by atoms with Crippen LogP contribution in [0.25, 0.3) is 0 Å². The molecule has 0 aliphatic carbocycles. The summed E-state index contributed by atoms with van der Waals surface area (Å²) in [5.74, 6) is 0.591. The number of anilines is 1. The van der Waals surface area contributed by atoms with Crippen molar-refractivity contribution in [1.29, 1.82) is 0 Å². The van der Waals surface area contributed by atoms with Crippen LogP contribution in [0, 0.1) is 6.92 Å². The highest BCUT2D eigenvalue weighted by molar-refractivity contribution is 7.91. The third kappa shape index (κ3) is 4.08. The van der Waals surface area contributed by atoms with E-state index in [2.05, 4.69) is 20.8 Å². The van der Waals surface area contributed by atoms with Gasteiger partial charge in [-0.2, -0.15) is 0 Å². The number of aliphatic imine (C=N–C) groups is 1. The van der Waals surface area contributed by atoms with Gasteiger partial charge in [0.2, 0.25) is 10.0 Å². The van der Waals surface area contributed by atoms with Gasteiger partial charge in [0.25, 0.3) is 0 Å². The fourth-order valence-corrected chi connectivity index (χ4v) is 4.59. The highest BCUT2D eigenvalue weighted by atomic mass is 35.5. The van der Waals surface area contributed by atoms with Crippen molar-refractivity contribution < 1.29 is 8.42 Å². The number of pyridine rings is 1. The summed E-state index contributed by atoms with van der Waals surface area (Å²) in [5.41, 5.74) is 4.78. The Morgan fingerprint density at radius 3 is 2.68 bits per heavy atom. The molecule has 0 amide bonds. The zero-order chi connectivity index (χ0) is 19.7. The standard InChI is InChI=1S/C21H18ClN3O2S/c1-14-9-16-10-20(24-21(16)23-12-14)18-11-17(7-8-19(18)22)25-28(26,27)13-15-5-3-2-4-6-15/h2-9,11-12,25H,10,13H2,1H3. The maximum Gasteiger partial charge on any atom is 0.236 e. The van der Waals surface area contributed by atoms with Gasteiger partial charge in [0, 0.05) is 34.5 Å². The van der Waals surface area contributed by atoms with E-state index in [1.54, 1.807) is 36.5 Å². The number of aromatic nitrogens is 1. The molecule has 2 heterocycles. The van der Waals surface area contributed by atoms with Crippen LogP contribution in [0.5, 0.6) is 0 Å². The quantitative estimate of drug-likeness (QED) is 0.663. The zero-order valence-electron chi connectivity index (χ0n) is 15.2. The van der Waals surface area contributed by atoms with Crippen LogP contribution in [0.3, 0.4) is 0 Å².